The van der Waals surface area contributed by atoms with Crippen molar-refractivity contribution >= 4 is 58.4 Å². The molecule has 1 fully saturated rings. The van der Waals surface area contributed by atoms with Gasteiger partial charge < -0.3 is 14.8 Å². The van der Waals surface area contributed by atoms with E-state index in [1.165, 1.54) is 36.4 Å². The number of hydrogen-bond donors (Lipinski definition) is 3. The zero-order valence-electron chi connectivity index (χ0n) is 16.7. The Morgan fingerprint density at radius 2 is 1.88 bits per heavy atom. The van der Waals surface area contributed by atoms with Gasteiger partial charge in [0, 0.05) is 0 Å². The predicted octanol–water partition coefficient (Wildman–Crippen LogP) is 2.81. The van der Waals surface area contributed by atoms with Gasteiger partial charge in [0.05, 0.1) is 17.3 Å². The maximum atomic E-state index is 13.7. The lowest BCUT2D eigenvalue weighted by molar-refractivity contribution is -0.123. The highest BCUT2D eigenvalue weighted by Crippen LogP contribution is 2.37. The average molecular weight is 478 g/mol. The molecule has 0 atom stereocenters. The smallest absolute Gasteiger partial charge is 0.263 e. The molecule has 1 aliphatic rings. The fraction of sp³-hybridized carbons (Fsp3) is 0.143. The van der Waals surface area contributed by atoms with Gasteiger partial charge in [0.15, 0.2) is 23.2 Å². The molecule has 0 radical (unpaired) electrons. The third-order valence-electron chi connectivity index (χ3n) is 4.08. The number of anilines is 1. The molecule has 3 amide bonds. The average Bonchev–Trinajstić information content (AvgIpc) is 2.72. The molecular formula is C21H17ClFN3O5S. The van der Waals surface area contributed by atoms with Crippen molar-refractivity contribution in [2.45, 2.75) is 6.92 Å². The molecule has 2 aromatic rings. The first-order chi connectivity index (χ1) is 15.3. The van der Waals surface area contributed by atoms with Gasteiger partial charge >= 0.3 is 0 Å². The molecule has 0 aliphatic carbocycles. The maximum Gasteiger partial charge on any atom is 0.263 e. The standard InChI is InChI=1S/C21H17ClFN3O5S/c1-2-30-16-9-11(7-12-19(28)25-21(32)26-20(12)29)8-13(22)18(16)31-10-17(27)24-15-6-4-3-5-14(15)23/h3-9H,2,10H2,1H3,(H,24,27)(H2,25,26,28,29,32). The Bertz CT molecular complexity index is 1120. The highest BCUT2D eigenvalue weighted by atomic mass is 35.5. The summed E-state index contributed by atoms with van der Waals surface area (Å²) in [5.41, 5.74) is 0.229. The minimum atomic E-state index is -0.655. The van der Waals surface area contributed by atoms with Gasteiger partial charge in [0.25, 0.3) is 17.7 Å². The topological polar surface area (TPSA) is 106 Å². The van der Waals surface area contributed by atoms with Gasteiger partial charge in [-0.15, -0.1) is 0 Å². The molecule has 0 spiro atoms. The molecule has 1 saturated heterocycles. The van der Waals surface area contributed by atoms with Crippen LogP contribution < -0.4 is 25.4 Å². The number of para-hydroxylation sites is 1. The molecule has 0 unspecified atom stereocenters. The molecule has 3 rings (SSSR count). The molecule has 0 bridgehead atoms. The number of ether oxygens (including phenoxy) is 2. The molecule has 166 valence electrons. The van der Waals surface area contributed by atoms with Crippen LogP contribution >= 0.6 is 23.8 Å². The van der Waals surface area contributed by atoms with Gasteiger partial charge in [-0.1, -0.05) is 23.7 Å². The fourth-order valence-corrected chi connectivity index (χ4v) is 3.19. The van der Waals surface area contributed by atoms with Crippen molar-refractivity contribution in [1.82, 2.24) is 10.6 Å². The second-order valence-corrected chi connectivity index (χ2v) is 7.19. The Morgan fingerprint density at radius 1 is 1.19 bits per heavy atom. The van der Waals surface area contributed by atoms with Crippen LogP contribution in [-0.2, 0) is 14.4 Å². The zero-order valence-corrected chi connectivity index (χ0v) is 18.2. The van der Waals surface area contributed by atoms with Crippen molar-refractivity contribution in [2.75, 3.05) is 18.5 Å². The molecule has 32 heavy (non-hydrogen) atoms. The molecule has 3 N–H and O–H groups in total. The van der Waals surface area contributed by atoms with Gasteiger partial charge in [-0.25, -0.2) is 4.39 Å². The number of halogens is 2. The van der Waals surface area contributed by atoms with Crippen LogP contribution in [0.1, 0.15) is 12.5 Å². The number of carbonyl (C=O) groups excluding carboxylic acids is 3. The fourth-order valence-electron chi connectivity index (χ4n) is 2.73. The number of nitrogens with one attached hydrogen (secondary N) is 3. The number of benzene rings is 2. The molecule has 0 aromatic heterocycles. The van der Waals surface area contributed by atoms with E-state index in [1.807, 2.05) is 0 Å². The molecule has 8 nitrogen and oxygen atoms in total. The van der Waals surface area contributed by atoms with E-state index in [4.69, 9.17) is 33.3 Å². The van der Waals surface area contributed by atoms with E-state index in [-0.39, 0.29) is 39.5 Å². The van der Waals surface area contributed by atoms with Crippen molar-refractivity contribution in [1.29, 1.82) is 0 Å². The van der Waals surface area contributed by atoms with Crippen molar-refractivity contribution in [3.63, 3.8) is 0 Å². The monoisotopic (exact) mass is 477 g/mol. The van der Waals surface area contributed by atoms with E-state index in [0.29, 0.717) is 5.56 Å². The maximum absolute atomic E-state index is 13.7. The van der Waals surface area contributed by atoms with Gasteiger partial charge in [-0.2, -0.15) is 0 Å². The van der Waals surface area contributed by atoms with Crippen LogP contribution in [0.25, 0.3) is 6.08 Å². The van der Waals surface area contributed by atoms with Gasteiger partial charge in [0.2, 0.25) is 0 Å². The zero-order chi connectivity index (χ0) is 23.3. The SMILES string of the molecule is CCOc1cc(C=C2C(=O)NC(=S)NC2=O)cc(Cl)c1OCC(=O)Nc1ccccc1F. The first-order valence-corrected chi connectivity index (χ1v) is 10.1. The number of carbonyl (C=O) groups is 3. The van der Waals surface area contributed by atoms with Crippen LogP contribution in [-0.4, -0.2) is 36.0 Å². The molecule has 1 aliphatic heterocycles. The normalized spacial score (nSPS) is 13.2. The van der Waals surface area contributed by atoms with Crippen LogP contribution in [0.4, 0.5) is 10.1 Å². The molecular weight excluding hydrogens is 461 g/mol. The minimum Gasteiger partial charge on any atom is -0.490 e. The van der Waals surface area contributed by atoms with Gasteiger partial charge in [-0.3, -0.25) is 25.0 Å². The summed E-state index contributed by atoms with van der Waals surface area (Å²) < 4.78 is 24.7. The summed E-state index contributed by atoms with van der Waals surface area (Å²) in [6, 6.07) is 8.65. The molecule has 2 aromatic carbocycles. The largest absolute Gasteiger partial charge is 0.490 e. The van der Waals surface area contributed by atoms with E-state index < -0.39 is 30.1 Å². The van der Waals surface area contributed by atoms with E-state index in [1.54, 1.807) is 13.0 Å². The lowest BCUT2D eigenvalue weighted by Gasteiger charge is -2.17. The predicted molar refractivity (Wildman–Crippen MR) is 120 cm³/mol. The third kappa shape index (κ3) is 5.59. The van der Waals surface area contributed by atoms with Crippen LogP contribution in [0.15, 0.2) is 42.0 Å². The summed E-state index contributed by atoms with van der Waals surface area (Å²) in [7, 11) is 0. The first kappa shape index (κ1) is 23.2. The van der Waals surface area contributed by atoms with E-state index >= 15 is 0 Å². The number of hydrogen-bond acceptors (Lipinski definition) is 6. The van der Waals surface area contributed by atoms with Crippen LogP contribution in [0, 0.1) is 5.82 Å². The van der Waals surface area contributed by atoms with Crippen molar-refractivity contribution < 1.29 is 28.2 Å². The van der Waals surface area contributed by atoms with Crippen LogP contribution in [0.5, 0.6) is 11.5 Å². The van der Waals surface area contributed by atoms with Crippen LogP contribution in [0.2, 0.25) is 5.02 Å². The minimum absolute atomic E-state index is 0.0164. The molecule has 11 heteroatoms. The summed E-state index contributed by atoms with van der Waals surface area (Å²) in [4.78, 5) is 36.2. The van der Waals surface area contributed by atoms with Crippen LogP contribution in [0.3, 0.4) is 0 Å². The van der Waals surface area contributed by atoms with E-state index in [0.717, 1.165) is 0 Å². The molecule has 0 saturated carbocycles. The summed E-state index contributed by atoms with van der Waals surface area (Å²) >= 11 is 11.1. The van der Waals surface area contributed by atoms with E-state index in [2.05, 4.69) is 16.0 Å². The number of thiocarbonyl (C=S) groups is 1. The van der Waals surface area contributed by atoms with E-state index in [9.17, 15) is 18.8 Å². The van der Waals surface area contributed by atoms with Gasteiger partial charge in [-0.05, 0) is 55.0 Å². The third-order valence-corrected chi connectivity index (χ3v) is 4.57. The highest BCUT2D eigenvalue weighted by Gasteiger charge is 2.26. The Balaban J connectivity index is 1.80. The lowest BCUT2D eigenvalue weighted by atomic mass is 10.1. The second kappa shape index (κ2) is 10.2. The quantitative estimate of drug-likeness (QED) is 0.322. The Hall–Kier alpha value is -3.50. The number of rotatable bonds is 7. The van der Waals surface area contributed by atoms with Crippen molar-refractivity contribution in [3.05, 3.63) is 58.4 Å². The summed E-state index contributed by atoms with van der Waals surface area (Å²) in [5.74, 6) is -2.22. The van der Waals surface area contributed by atoms with Crippen molar-refractivity contribution in [2.24, 2.45) is 0 Å². The molecule has 1 heterocycles. The summed E-state index contributed by atoms with van der Waals surface area (Å²) in [6.07, 6.45) is 1.31. The Kier molecular flexibility index (Phi) is 7.39. The van der Waals surface area contributed by atoms with Gasteiger partial charge in [0.1, 0.15) is 11.4 Å². The Morgan fingerprint density at radius 3 is 2.53 bits per heavy atom. The van der Waals surface area contributed by atoms with Crippen molar-refractivity contribution in [3.8, 4) is 11.5 Å². The number of amides is 3. The second-order valence-electron chi connectivity index (χ2n) is 6.38. The lowest BCUT2D eigenvalue weighted by Crippen LogP contribution is -2.51. The summed E-state index contributed by atoms with van der Waals surface area (Å²) in [5, 5.41) is 7.06. The highest BCUT2D eigenvalue weighted by molar-refractivity contribution is 7.80. The first-order valence-electron chi connectivity index (χ1n) is 9.30. The summed E-state index contributed by atoms with van der Waals surface area (Å²) in [6.45, 7) is 1.52. The Labute approximate surface area is 192 Å².